The third kappa shape index (κ3) is 2.60. The number of benzene rings is 2. The summed E-state index contributed by atoms with van der Waals surface area (Å²) in [5.41, 5.74) is 3.69. The van der Waals surface area contributed by atoms with Crippen molar-refractivity contribution in [3.63, 3.8) is 0 Å². The molecule has 1 N–H and O–H groups in total. The highest BCUT2D eigenvalue weighted by Gasteiger charge is 2.30. The van der Waals surface area contributed by atoms with Crippen molar-refractivity contribution in [3.8, 4) is 11.1 Å². The van der Waals surface area contributed by atoms with E-state index in [4.69, 9.17) is 5.11 Å². The van der Waals surface area contributed by atoms with Crippen molar-refractivity contribution in [2.45, 2.75) is 25.2 Å². The van der Waals surface area contributed by atoms with Gasteiger partial charge in [0.1, 0.15) is 0 Å². The van der Waals surface area contributed by atoms with Gasteiger partial charge in [0.25, 0.3) is 0 Å². The molecular weight excluding hydrogens is 248 g/mol. The molecule has 1 saturated carbocycles. The van der Waals surface area contributed by atoms with Gasteiger partial charge in [-0.3, -0.25) is 4.79 Å². The van der Waals surface area contributed by atoms with Gasteiger partial charge < -0.3 is 5.11 Å². The van der Waals surface area contributed by atoms with Gasteiger partial charge in [-0.1, -0.05) is 54.6 Å². The number of hydrogen-bond donors (Lipinski definition) is 1. The van der Waals surface area contributed by atoms with E-state index in [1.807, 2.05) is 18.2 Å². The van der Waals surface area contributed by atoms with Crippen molar-refractivity contribution in [3.05, 3.63) is 60.2 Å². The Balaban J connectivity index is 1.84. The van der Waals surface area contributed by atoms with Crippen molar-refractivity contribution < 1.29 is 9.90 Å². The number of rotatable bonds is 3. The first-order valence-corrected chi connectivity index (χ1v) is 7.12. The molecule has 0 amide bonds. The van der Waals surface area contributed by atoms with Gasteiger partial charge >= 0.3 is 5.97 Å². The molecular formula is C18H18O2. The van der Waals surface area contributed by atoms with Crippen LogP contribution in [-0.2, 0) is 4.79 Å². The van der Waals surface area contributed by atoms with Crippen molar-refractivity contribution in [2.24, 2.45) is 5.92 Å². The van der Waals surface area contributed by atoms with Crippen LogP contribution >= 0.6 is 0 Å². The summed E-state index contributed by atoms with van der Waals surface area (Å²) in [6.45, 7) is 0. The molecule has 2 nitrogen and oxygen atoms in total. The molecule has 0 heterocycles. The van der Waals surface area contributed by atoms with Crippen LogP contribution in [0.4, 0.5) is 0 Å². The number of aliphatic carboxylic acids is 1. The van der Waals surface area contributed by atoms with Crippen LogP contribution in [0.1, 0.15) is 30.7 Å². The van der Waals surface area contributed by atoms with Crippen LogP contribution in [0.25, 0.3) is 11.1 Å². The Bertz CT molecular complexity index is 604. The lowest BCUT2D eigenvalue weighted by molar-refractivity contribution is -0.141. The van der Waals surface area contributed by atoms with E-state index >= 15 is 0 Å². The van der Waals surface area contributed by atoms with E-state index in [0.717, 1.165) is 19.3 Å². The zero-order valence-corrected chi connectivity index (χ0v) is 11.3. The third-order valence-corrected chi connectivity index (χ3v) is 4.25. The molecule has 0 aliphatic heterocycles. The molecule has 3 rings (SSSR count). The number of carbonyl (C=O) groups is 1. The Hall–Kier alpha value is -2.09. The van der Waals surface area contributed by atoms with Gasteiger partial charge in [-0.15, -0.1) is 0 Å². The van der Waals surface area contributed by atoms with Crippen LogP contribution in [0.3, 0.4) is 0 Å². The second-order valence-electron chi connectivity index (χ2n) is 5.54. The van der Waals surface area contributed by atoms with Gasteiger partial charge in [-0.2, -0.15) is 0 Å². The fourth-order valence-electron chi connectivity index (χ4n) is 3.11. The van der Waals surface area contributed by atoms with E-state index in [1.165, 1.54) is 16.7 Å². The van der Waals surface area contributed by atoms with Crippen molar-refractivity contribution >= 4 is 5.97 Å². The van der Waals surface area contributed by atoms with Crippen LogP contribution in [0.5, 0.6) is 0 Å². The molecule has 102 valence electrons. The molecule has 0 radical (unpaired) electrons. The van der Waals surface area contributed by atoms with Crippen LogP contribution in [-0.4, -0.2) is 11.1 Å². The van der Waals surface area contributed by atoms with E-state index in [9.17, 15) is 4.79 Å². The lowest BCUT2D eigenvalue weighted by atomic mass is 9.93. The minimum absolute atomic E-state index is 0.166. The molecule has 1 fully saturated rings. The Kier molecular flexibility index (Phi) is 3.55. The first-order chi connectivity index (χ1) is 9.74. The van der Waals surface area contributed by atoms with Crippen LogP contribution in [0, 0.1) is 5.92 Å². The summed E-state index contributed by atoms with van der Waals surface area (Å²) in [7, 11) is 0. The molecule has 20 heavy (non-hydrogen) atoms. The van der Waals surface area contributed by atoms with Gasteiger partial charge in [0.15, 0.2) is 0 Å². The van der Waals surface area contributed by atoms with E-state index in [-0.39, 0.29) is 5.92 Å². The predicted octanol–water partition coefficient (Wildman–Crippen LogP) is 4.32. The topological polar surface area (TPSA) is 37.3 Å². The highest BCUT2D eigenvalue weighted by molar-refractivity contribution is 5.70. The maximum atomic E-state index is 11.1. The average molecular weight is 266 g/mol. The first-order valence-electron chi connectivity index (χ1n) is 7.12. The van der Waals surface area contributed by atoms with Crippen LogP contribution < -0.4 is 0 Å². The molecule has 1 aliphatic rings. The maximum Gasteiger partial charge on any atom is 0.306 e. The highest BCUT2D eigenvalue weighted by Crippen LogP contribution is 2.39. The Morgan fingerprint density at radius 2 is 1.70 bits per heavy atom. The van der Waals surface area contributed by atoms with Crippen LogP contribution in [0.2, 0.25) is 0 Å². The molecule has 0 saturated heterocycles. The summed E-state index contributed by atoms with van der Waals surface area (Å²) in [5.74, 6) is -0.424. The van der Waals surface area contributed by atoms with Crippen LogP contribution in [0.15, 0.2) is 54.6 Å². The van der Waals surface area contributed by atoms with E-state index in [1.54, 1.807) is 0 Å². The third-order valence-electron chi connectivity index (χ3n) is 4.25. The van der Waals surface area contributed by atoms with Crippen molar-refractivity contribution in [2.75, 3.05) is 0 Å². The monoisotopic (exact) mass is 266 g/mol. The molecule has 2 aromatic carbocycles. The SMILES string of the molecule is O=C(O)[C@@H]1CC[C@@H](c2cccc(-c3ccccc3)c2)C1. The molecule has 0 spiro atoms. The molecule has 1 aliphatic carbocycles. The summed E-state index contributed by atoms with van der Waals surface area (Å²) in [6.07, 6.45) is 2.55. The molecule has 2 atom stereocenters. The average Bonchev–Trinajstić information content (AvgIpc) is 2.98. The summed E-state index contributed by atoms with van der Waals surface area (Å²) >= 11 is 0. The standard InChI is InChI=1S/C18H18O2/c19-18(20)17-10-9-16(12-17)15-8-4-7-14(11-15)13-5-2-1-3-6-13/h1-8,11,16-17H,9-10,12H2,(H,19,20)/t16-,17-/m1/s1. The summed E-state index contributed by atoms with van der Waals surface area (Å²) in [6, 6.07) is 18.8. The van der Waals surface area contributed by atoms with Crippen molar-refractivity contribution in [1.82, 2.24) is 0 Å². The normalized spacial score (nSPS) is 21.8. The lowest BCUT2D eigenvalue weighted by Gasteiger charge is -2.12. The zero-order chi connectivity index (χ0) is 13.9. The quantitative estimate of drug-likeness (QED) is 0.898. The molecule has 2 aromatic rings. The fourth-order valence-corrected chi connectivity index (χ4v) is 3.11. The number of hydrogen-bond acceptors (Lipinski definition) is 1. The molecule has 0 bridgehead atoms. The molecule has 0 aromatic heterocycles. The zero-order valence-electron chi connectivity index (χ0n) is 11.3. The van der Waals surface area contributed by atoms with Gasteiger partial charge in [0.05, 0.1) is 5.92 Å². The molecule has 2 heteroatoms. The summed E-state index contributed by atoms with van der Waals surface area (Å²) in [5, 5.41) is 9.11. The van der Waals surface area contributed by atoms with E-state index < -0.39 is 5.97 Å². The van der Waals surface area contributed by atoms with Crippen molar-refractivity contribution in [1.29, 1.82) is 0 Å². The second-order valence-corrected chi connectivity index (χ2v) is 5.54. The van der Waals surface area contributed by atoms with Gasteiger partial charge in [0.2, 0.25) is 0 Å². The number of carboxylic acids is 1. The highest BCUT2D eigenvalue weighted by atomic mass is 16.4. The predicted molar refractivity (Wildman–Crippen MR) is 79.6 cm³/mol. The lowest BCUT2D eigenvalue weighted by Crippen LogP contribution is -2.09. The molecule has 0 unspecified atom stereocenters. The Labute approximate surface area is 119 Å². The van der Waals surface area contributed by atoms with E-state index in [2.05, 4.69) is 36.4 Å². The minimum atomic E-state index is -0.647. The maximum absolute atomic E-state index is 11.1. The summed E-state index contributed by atoms with van der Waals surface area (Å²) < 4.78 is 0. The summed E-state index contributed by atoms with van der Waals surface area (Å²) in [4.78, 5) is 11.1. The fraction of sp³-hybridized carbons (Fsp3) is 0.278. The minimum Gasteiger partial charge on any atom is -0.481 e. The van der Waals surface area contributed by atoms with Gasteiger partial charge in [0, 0.05) is 0 Å². The number of carboxylic acid groups (broad SMARTS) is 1. The van der Waals surface area contributed by atoms with E-state index in [0.29, 0.717) is 5.92 Å². The second kappa shape index (κ2) is 5.49. The first kappa shape index (κ1) is 12.9. The van der Waals surface area contributed by atoms with Gasteiger partial charge in [-0.05, 0) is 41.9 Å². The largest absolute Gasteiger partial charge is 0.481 e. The Morgan fingerprint density at radius 1 is 0.950 bits per heavy atom. The Morgan fingerprint density at radius 3 is 2.40 bits per heavy atom. The smallest absolute Gasteiger partial charge is 0.306 e. The van der Waals surface area contributed by atoms with Gasteiger partial charge in [-0.25, -0.2) is 0 Å².